The maximum atomic E-state index is 6.06. The van der Waals surface area contributed by atoms with Gasteiger partial charge in [0.15, 0.2) is 5.69 Å². The number of pyridine rings is 1. The van der Waals surface area contributed by atoms with Gasteiger partial charge in [-0.3, -0.25) is 0 Å². The van der Waals surface area contributed by atoms with Crippen molar-refractivity contribution in [2.24, 2.45) is 5.41 Å². The molecule has 2 aliphatic heterocycles. The predicted octanol–water partition coefficient (Wildman–Crippen LogP) is 2.68. The van der Waals surface area contributed by atoms with Crippen molar-refractivity contribution in [1.29, 1.82) is 0 Å². The van der Waals surface area contributed by atoms with Gasteiger partial charge in [-0.15, -0.1) is 0 Å². The molecular formula is C22H20N4O2. The van der Waals surface area contributed by atoms with Gasteiger partial charge in [0.2, 0.25) is 5.88 Å². The lowest BCUT2D eigenvalue weighted by atomic mass is 9.89. The minimum atomic E-state index is -0.0934. The fourth-order valence-corrected chi connectivity index (χ4v) is 3.28. The summed E-state index contributed by atoms with van der Waals surface area (Å²) in [6, 6.07) is 12.3. The largest absolute Gasteiger partial charge is 0.469 e. The third-order valence-corrected chi connectivity index (χ3v) is 5.02. The molecule has 0 amide bonds. The number of anilines is 1. The first-order valence-corrected chi connectivity index (χ1v) is 9.38. The van der Waals surface area contributed by atoms with E-state index in [0.29, 0.717) is 24.8 Å². The van der Waals surface area contributed by atoms with Crippen LogP contribution in [0.2, 0.25) is 0 Å². The van der Waals surface area contributed by atoms with Crippen LogP contribution in [0.3, 0.4) is 0 Å². The Kier molecular flexibility index (Phi) is 4.10. The molecule has 0 saturated carbocycles. The first-order valence-electron chi connectivity index (χ1n) is 9.38. The number of ether oxygens (including phenoxy) is 2. The highest BCUT2D eigenvalue weighted by Gasteiger charge is 2.32. The lowest BCUT2D eigenvalue weighted by Crippen LogP contribution is -2.54. The van der Waals surface area contributed by atoms with Crippen LogP contribution in [0.25, 0.3) is 10.9 Å². The van der Waals surface area contributed by atoms with Crippen LogP contribution in [0.1, 0.15) is 12.6 Å². The van der Waals surface area contributed by atoms with E-state index in [0.717, 1.165) is 29.8 Å². The quantitative estimate of drug-likeness (QED) is 0.659. The normalized spacial score (nSPS) is 18.0. The molecule has 0 aliphatic carbocycles. The van der Waals surface area contributed by atoms with Gasteiger partial charge in [-0.25, -0.2) is 15.0 Å². The van der Waals surface area contributed by atoms with E-state index in [-0.39, 0.29) is 11.5 Å². The van der Waals surface area contributed by atoms with Crippen molar-refractivity contribution in [3.8, 4) is 17.7 Å². The molecule has 5 rings (SSSR count). The molecule has 0 unspecified atom stereocenters. The first-order chi connectivity index (χ1) is 13.7. The van der Waals surface area contributed by atoms with Gasteiger partial charge >= 0.3 is 0 Å². The van der Waals surface area contributed by atoms with Crippen molar-refractivity contribution in [2.75, 3.05) is 31.2 Å². The second-order valence-electron chi connectivity index (χ2n) is 7.52. The van der Waals surface area contributed by atoms with Gasteiger partial charge in [0.05, 0.1) is 37.2 Å². The number of benzene rings is 1. The molecule has 2 aromatic heterocycles. The lowest BCUT2D eigenvalue weighted by Gasteiger charge is -2.39. The van der Waals surface area contributed by atoms with Crippen molar-refractivity contribution < 1.29 is 9.47 Å². The van der Waals surface area contributed by atoms with Gasteiger partial charge in [0.25, 0.3) is 0 Å². The highest BCUT2D eigenvalue weighted by atomic mass is 16.5. The zero-order valence-corrected chi connectivity index (χ0v) is 15.6. The Hall–Kier alpha value is -3.17. The molecule has 0 radical (unpaired) electrons. The second kappa shape index (κ2) is 6.77. The maximum absolute atomic E-state index is 6.06. The summed E-state index contributed by atoms with van der Waals surface area (Å²) in [5.41, 5.74) is 1.49. The molecule has 0 atom stereocenters. The Morgan fingerprint density at radius 1 is 1.11 bits per heavy atom. The molecule has 3 aromatic rings. The molecule has 1 aromatic carbocycles. The molecule has 140 valence electrons. The molecule has 6 nitrogen and oxygen atoms in total. The van der Waals surface area contributed by atoms with Gasteiger partial charge < -0.3 is 14.4 Å². The van der Waals surface area contributed by atoms with Crippen LogP contribution < -0.4 is 9.64 Å². The number of rotatable bonds is 3. The van der Waals surface area contributed by atoms with E-state index in [1.807, 2.05) is 18.2 Å². The van der Waals surface area contributed by atoms with Gasteiger partial charge in [0, 0.05) is 17.8 Å². The summed E-state index contributed by atoms with van der Waals surface area (Å²) in [6.07, 6.45) is 3.33. The highest BCUT2D eigenvalue weighted by Crippen LogP contribution is 2.27. The van der Waals surface area contributed by atoms with E-state index in [1.165, 1.54) is 0 Å². The SMILES string of the molecule is CC1(C#Cc2nccnc2OC2CN(c3ccc4ccccc4n3)C2)COC1. The molecular weight excluding hydrogens is 352 g/mol. The Morgan fingerprint density at radius 2 is 1.93 bits per heavy atom. The van der Waals surface area contributed by atoms with Crippen LogP contribution in [0.4, 0.5) is 5.82 Å². The van der Waals surface area contributed by atoms with Gasteiger partial charge in [-0.1, -0.05) is 24.1 Å². The minimum Gasteiger partial charge on any atom is -0.469 e. The van der Waals surface area contributed by atoms with Crippen molar-refractivity contribution in [3.05, 3.63) is 54.5 Å². The molecule has 2 fully saturated rings. The molecule has 2 aliphatic rings. The number of nitrogens with zero attached hydrogens (tertiary/aromatic N) is 4. The van der Waals surface area contributed by atoms with Gasteiger partial charge in [-0.05, 0) is 31.0 Å². The Morgan fingerprint density at radius 3 is 2.75 bits per heavy atom. The summed E-state index contributed by atoms with van der Waals surface area (Å²) < 4.78 is 11.3. The lowest BCUT2D eigenvalue weighted by molar-refractivity contribution is -0.0648. The average Bonchev–Trinajstić information content (AvgIpc) is 2.67. The van der Waals surface area contributed by atoms with E-state index in [4.69, 9.17) is 14.5 Å². The van der Waals surface area contributed by atoms with E-state index in [1.54, 1.807) is 12.4 Å². The Balaban J connectivity index is 1.26. The average molecular weight is 372 g/mol. The van der Waals surface area contributed by atoms with Crippen LogP contribution in [-0.2, 0) is 4.74 Å². The standard InChI is InChI=1S/C22H20N4O2/c1-22(14-27-15-22)9-8-19-21(24-11-10-23-19)28-17-12-26(13-17)20-7-6-16-4-2-3-5-18(16)25-20/h2-7,10-11,17H,12-15H2,1H3. The van der Waals surface area contributed by atoms with E-state index in [9.17, 15) is 0 Å². The first kappa shape index (κ1) is 17.0. The second-order valence-corrected chi connectivity index (χ2v) is 7.52. The summed E-state index contributed by atoms with van der Waals surface area (Å²) in [6.45, 7) is 4.93. The maximum Gasteiger partial charge on any atom is 0.249 e. The topological polar surface area (TPSA) is 60.4 Å². The van der Waals surface area contributed by atoms with E-state index in [2.05, 4.69) is 51.8 Å². The van der Waals surface area contributed by atoms with Gasteiger partial charge in [0.1, 0.15) is 11.9 Å². The Bertz CT molecular complexity index is 1080. The molecule has 2 saturated heterocycles. The fraction of sp³-hybridized carbons (Fsp3) is 0.318. The summed E-state index contributed by atoms with van der Waals surface area (Å²) >= 11 is 0. The predicted molar refractivity (Wildman–Crippen MR) is 106 cm³/mol. The zero-order valence-electron chi connectivity index (χ0n) is 15.6. The number of aromatic nitrogens is 3. The molecule has 28 heavy (non-hydrogen) atoms. The number of fused-ring (bicyclic) bond motifs is 1. The van der Waals surface area contributed by atoms with Crippen molar-refractivity contribution >= 4 is 16.7 Å². The number of hydrogen-bond donors (Lipinski definition) is 0. The molecule has 0 N–H and O–H groups in total. The van der Waals surface area contributed by atoms with Crippen LogP contribution in [0.5, 0.6) is 5.88 Å². The Labute approximate surface area is 163 Å². The van der Waals surface area contributed by atoms with E-state index >= 15 is 0 Å². The van der Waals surface area contributed by atoms with Crippen LogP contribution in [0, 0.1) is 17.3 Å². The van der Waals surface area contributed by atoms with Crippen LogP contribution >= 0.6 is 0 Å². The molecule has 6 heteroatoms. The fourth-order valence-electron chi connectivity index (χ4n) is 3.28. The summed E-state index contributed by atoms with van der Waals surface area (Å²) in [5, 5.41) is 1.15. The summed E-state index contributed by atoms with van der Waals surface area (Å²) in [5.74, 6) is 7.82. The monoisotopic (exact) mass is 372 g/mol. The molecule has 0 bridgehead atoms. The third-order valence-electron chi connectivity index (χ3n) is 5.02. The summed E-state index contributed by atoms with van der Waals surface area (Å²) in [4.78, 5) is 15.6. The van der Waals surface area contributed by atoms with Gasteiger partial charge in [-0.2, -0.15) is 0 Å². The number of hydrogen-bond acceptors (Lipinski definition) is 6. The zero-order chi connectivity index (χ0) is 19.0. The van der Waals surface area contributed by atoms with Crippen molar-refractivity contribution in [3.63, 3.8) is 0 Å². The van der Waals surface area contributed by atoms with Crippen molar-refractivity contribution in [2.45, 2.75) is 13.0 Å². The van der Waals surface area contributed by atoms with Crippen molar-refractivity contribution in [1.82, 2.24) is 15.0 Å². The number of para-hydroxylation sites is 1. The highest BCUT2D eigenvalue weighted by molar-refractivity contribution is 5.80. The smallest absolute Gasteiger partial charge is 0.249 e. The molecule has 0 spiro atoms. The third kappa shape index (κ3) is 3.25. The van der Waals surface area contributed by atoms with Crippen LogP contribution in [-0.4, -0.2) is 47.4 Å². The van der Waals surface area contributed by atoms with E-state index < -0.39 is 0 Å². The van der Waals surface area contributed by atoms with Crippen LogP contribution in [0.15, 0.2) is 48.8 Å². The minimum absolute atomic E-state index is 0.0492. The summed E-state index contributed by atoms with van der Waals surface area (Å²) in [7, 11) is 0. The molecule has 4 heterocycles.